The topological polar surface area (TPSA) is 29.1 Å². The van der Waals surface area contributed by atoms with Gasteiger partial charge in [0, 0.05) is 16.9 Å². The summed E-state index contributed by atoms with van der Waals surface area (Å²) in [5.41, 5.74) is 0.915. The minimum atomic E-state index is -0.345. The Labute approximate surface area is 116 Å². The standard InChI is InChI=1S/C14H19BrFNO/c1-9(2)6-12(8-15)17-14(18)11-5-4-10(3)13(16)7-11/h4-5,7,9,12H,6,8H2,1-3H3,(H,17,18). The SMILES string of the molecule is Cc1ccc(C(=O)NC(CBr)CC(C)C)cc1F. The minimum absolute atomic E-state index is 0.0712. The van der Waals surface area contributed by atoms with Gasteiger partial charge in [0.15, 0.2) is 0 Å². The lowest BCUT2D eigenvalue weighted by Crippen LogP contribution is -2.37. The van der Waals surface area contributed by atoms with Crippen molar-refractivity contribution in [1.29, 1.82) is 0 Å². The monoisotopic (exact) mass is 315 g/mol. The molecule has 4 heteroatoms. The number of halogens is 2. The predicted octanol–water partition coefficient (Wildman–Crippen LogP) is 3.67. The maximum Gasteiger partial charge on any atom is 0.251 e. The molecule has 0 saturated carbocycles. The van der Waals surface area contributed by atoms with Crippen LogP contribution < -0.4 is 5.32 Å². The summed E-state index contributed by atoms with van der Waals surface area (Å²) in [6, 6.07) is 4.62. The van der Waals surface area contributed by atoms with Crippen molar-refractivity contribution >= 4 is 21.8 Å². The molecule has 0 spiro atoms. The molecule has 0 saturated heterocycles. The van der Waals surface area contributed by atoms with Crippen LogP contribution in [0.25, 0.3) is 0 Å². The number of hydrogen-bond acceptors (Lipinski definition) is 1. The molecule has 1 amide bonds. The van der Waals surface area contributed by atoms with E-state index in [-0.39, 0.29) is 17.8 Å². The fourth-order valence-electron chi connectivity index (χ4n) is 1.73. The zero-order valence-corrected chi connectivity index (χ0v) is 12.6. The van der Waals surface area contributed by atoms with Gasteiger partial charge < -0.3 is 5.32 Å². The number of carbonyl (C=O) groups excluding carboxylic acids is 1. The van der Waals surface area contributed by atoms with E-state index in [1.165, 1.54) is 6.07 Å². The third kappa shape index (κ3) is 4.41. The Morgan fingerprint density at radius 1 is 1.44 bits per heavy atom. The van der Waals surface area contributed by atoms with Gasteiger partial charge in [-0.1, -0.05) is 35.8 Å². The molecule has 0 aliphatic carbocycles. The van der Waals surface area contributed by atoms with Crippen LogP contribution in [0.4, 0.5) is 4.39 Å². The van der Waals surface area contributed by atoms with E-state index in [2.05, 4.69) is 35.1 Å². The van der Waals surface area contributed by atoms with Crippen LogP contribution in [-0.4, -0.2) is 17.3 Å². The minimum Gasteiger partial charge on any atom is -0.348 e. The van der Waals surface area contributed by atoms with Gasteiger partial charge >= 0.3 is 0 Å². The first kappa shape index (κ1) is 15.2. The quantitative estimate of drug-likeness (QED) is 0.825. The molecule has 0 heterocycles. The average molecular weight is 316 g/mol. The van der Waals surface area contributed by atoms with Crippen molar-refractivity contribution in [3.05, 3.63) is 35.1 Å². The highest BCUT2D eigenvalue weighted by atomic mass is 79.9. The van der Waals surface area contributed by atoms with E-state index in [1.54, 1.807) is 19.1 Å². The fourth-order valence-corrected chi connectivity index (χ4v) is 2.16. The van der Waals surface area contributed by atoms with Crippen LogP contribution in [-0.2, 0) is 0 Å². The number of benzene rings is 1. The van der Waals surface area contributed by atoms with Gasteiger partial charge in [-0.05, 0) is 37.0 Å². The molecule has 1 atom stereocenters. The number of hydrogen-bond donors (Lipinski definition) is 1. The maximum absolute atomic E-state index is 13.4. The van der Waals surface area contributed by atoms with Gasteiger partial charge in [-0.3, -0.25) is 4.79 Å². The third-order valence-corrected chi connectivity index (χ3v) is 3.49. The highest BCUT2D eigenvalue weighted by Crippen LogP contribution is 2.11. The molecule has 18 heavy (non-hydrogen) atoms. The molecule has 1 aromatic rings. The van der Waals surface area contributed by atoms with Crippen LogP contribution in [0.5, 0.6) is 0 Å². The maximum atomic E-state index is 13.4. The Bertz CT molecular complexity index is 420. The average Bonchev–Trinajstić information content (AvgIpc) is 2.31. The number of aryl methyl sites for hydroxylation is 1. The van der Waals surface area contributed by atoms with Gasteiger partial charge in [-0.2, -0.15) is 0 Å². The Kier molecular flexibility index (Phi) is 5.79. The summed E-state index contributed by atoms with van der Waals surface area (Å²) >= 11 is 3.38. The third-order valence-electron chi connectivity index (χ3n) is 2.71. The smallest absolute Gasteiger partial charge is 0.251 e. The van der Waals surface area contributed by atoms with Crippen molar-refractivity contribution in [2.24, 2.45) is 5.92 Å². The normalized spacial score (nSPS) is 12.6. The first-order chi connectivity index (χ1) is 8.43. The molecule has 0 aliphatic rings. The molecular formula is C14H19BrFNO. The Hall–Kier alpha value is -0.900. The molecule has 0 radical (unpaired) electrons. The van der Waals surface area contributed by atoms with E-state index in [4.69, 9.17) is 0 Å². The van der Waals surface area contributed by atoms with Crippen LogP contribution in [0.3, 0.4) is 0 Å². The second kappa shape index (κ2) is 6.88. The number of nitrogens with one attached hydrogen (secondary N) is 1. The molecule has 1 unspecified atom stereocenters. The molecule has 1 N–H and O–H groups in total. The van der Waals surface area contributed by atoms with Gasteiger partial charge in [-0.15, -0.1) is 0 Å². The van der Waals surface area contributed by atoms with Gasteiger partial charge in [0.05, 0.1) is 0 Å². The van der Waals surface area contributed by atoms with Gasteiger partial charge in [0.25, 0.3) is 5.91 Å². The predicted molar refractivity (Wildman–Crippen MR) is 75.6 cm³/mol. The first-order valence-corrected chi connectivity index (χ1v) is 7.19. The highest BCUT2D eigenvalue weighted by molar-refractivity contribution is 9.09. The Balaban J connectivity index is 2.71. The van der Waals surface area contributed by atoms with Crippen LogP contribution in [0.15, 0.2) is 18.2 Å². The van der Waals surface area contributed by atoms with Crippen molar-refractivity contribution in [1.82, 2.24) is 5.32 Å². The van der Waals surface area contributed by atoms with E-state index in [1.807, 2.05) is 0 Å². The molecular weight excluding hydrogens is 297 g/mol. The second-order valence-corrected chi connectivity index (χ2v) is 5.57. The Morgan fingerprint density at radius 3 is 2.61 bits per heavy atom. The van der Waals surface area contributed by atoms with E-state index in [9.17, 15) is 9.18 Å². The summed E-state index contributed by atoms with van der Waals surface area (Å²) < 4.78 is 13.4. The van der Waals surface area contributed by atoms with Crippen LogP contribution in [0.1, 0.15) is 36.2 Å². The summed E-state index contributed by atoms with van der Waals surface area (Å²) in [7, 11) is 0. The second-order valence-electron chi connectivity index (χ2n) is 4.92. The number of amides is 1. The van der Waals surface area contributed by atoms with Crippen molar-refractivity contribution < 1.29 is 9.18 Å². The molecule has 0 bridgehead atoms. The summed E-state index contributed by atoms with van der Waals surface area (Å²) in [5.74, 6) is -0.0662. The zero-order chi connectivity index (χ0) is 13.7. The lowest BCUT2D eigenvalue weighted by atomic mass is 10.0. The first-order valence-electron chi connectivity index (χ1n) is 6.07. The fraction of sp³-hybridized carbons (Fsp3) is 0.500. The number of carbonyl (C=O) groups is 1. The van der Waals surface area contributed by atoms with E-state index >= 15 is 0 Å². The van der Waals surface area contributed by atoms with Crippen LogP contribution in [0.2, 0.25) is 0 Å². The lowest BCUT2D eigenvalue weighted by Gasteiger charge is -2.18. The van der Waals surface area contributed by atoms with Crippen molar-refractivity contribution in [2.45, 2.75) is 33.2 Å². The molecule has 100 valence electrons. The molecule has 0 aliphatic heterocycles. The van der Waals surface area contributed by atoms with Crippen LogP contribution >= 0.6 is 15.9 Å². The van der Waals surface area contributed by atoms with Gasteiger partial charge in [0.2, 0.25) is 0 Å². The van der Waals surface area contributed by atoms with Gasteiger partial charge in [0.1, 0.15) is 5.82 Å². The summed E-state index contributed by atoms with van der Waals surface area (Å²) in [5, 5.41) is 3.61. The zero-order valence-electron chi connectivity index (χ0n) is 11.0. The van der Waals surface area contributed by atoms with E-state index in [0.717, 1.165) is 6.42 Å². The number of rotatable bonds is 5. The van der Waals surface area contributed by atoms with E-state index < -0.39 is 0 Å². The molecule has 1 rings (SSSR count). The molecule has 0 fully saturated rings. The Morgan fingerprint density at radius 2 is 2.11 bits per heavy atom. The largest absolute Gasteiger partial charge is 0.348 e. The van der Waals surface area contributed by atoms with Crippen LogP contribution in [0, 0.1) is 18.7 Å². The summed E-state index contributed by atoms with van der Waals surface area (Å²) in [6.45, 7) is 5.89. The molecule has 1 aromatic carbocycles. The summed E-state index contributed by atoms with van der Waals surface area (Å²) in [4.78, 5) is 12.0. The van der Waals surface area contributed by atoms with Crippen molar-refractivity contribution in [3.8, 4) is 0 Å². The lowest BCUT2D eigenvalue weighted by molar-refractivity contribution is 0.0936. The molecule has 0 aromatic heterocycles. The van der Waals surface area contributed by atoms with E-state index in [0.29, 0.717) is 22.4 Å². The molecule has 2 nitrogen and oxygen atoms in total. The number of alkyl halides is 1. The summed E-state index contributed by atoms with van der Waals surface area (Å²) in [6.07, 6.45) is 0.894. The highest BCUT2D eigenvalue weighted by Gasteiger charge is 2.14. The van der Waals surface area contributed by atoms with Crippen molar-refractivity contribution in [3.63, 3.8) is 0 Å². The van der Waals surface area contributed by atoms with Crippen molar-refractivity contribution in [2.75, 3.05) is 5.33 Å². The van der Waals surface area contributed by atoms with Gasteiger partial charge in [-0.25, -0.2) is 4.39 Å².